The molecule has 0 radical (unpaired) electrons. The third kappa shape index (κ3) is 3.70. The second-order valence-corrected chi connectivity index (χ2v) is 6.37. The molecule has 146 valence electrons. The third-order valence-corrected chi connectivity index (χ3v) is 4.91. The number of carbonyl (C=O) groups is 1. The molecular weight excluding hydrogens is 387 g/mol. The number of imidazole rings is 1. The van der Waals surface area contributed by atoms with Crippen molar-refractivity contribution in [1.29, 1.82) is 0 Å². The van der Waals surface area contributed by atoms with Gasteiger partial charge in [0.25, 0.3) is 5.91 Å². The number of furan rings is 1. The highest BCUT2D eigenvalue weighted by Crippen LogP contribution is 2.34. The number of carbonyl (C=O) groups excluding carboxylic acids is 1. The van der Waals surface area contributed by atoms with Gasteiger partial charge in [-0.05, 0) is 38.0 Å². The number of halogens is 2. The molecule has 1 aromatic carbocycles. The molecule has 8 heteroatoms. The second kappa shape index (κ2) is 8.78. The summed E-state index contributed by atoms with van der Waals surface area (Å²) in [6.45, 7) is 3.97. The van der Waals surface area contributed by atoms with Crippen LogP contribution in [0.5, 0.6) is 0 Å². The van der Waals surface area contributed by atoms with Gasteiger partial charge in [-0.25, -0.2) is 4.98 Å². The number of rotatable bonds is 4. The van der Waals surface area contributed by atoms with Crippen molar-refractivity contribution in [2.75, 3.05) is 6.54 Å². The lowest BCUT2D eigenvalue weighted by Crippen LogP contribution is -2.31. The highest BCUT2D eigenvalue weighted by atomic mass is 35.5. The molecule has 27 heavy (non-hydrogen) atoms. The van der Waals surface area contributed by atoms with E-state index in [-0.39, 0.29) is 36.8 Å². The molecule has 1 atom stereocenters. The first-order valence-electron chi connectivity index (χ1n) is 8.76. The van der Waals surface area contributed by atoms with Crippen LogP contribution in [0.4, 0.5) is 0 Å². The number of hydrogen-bond acceptors (Lipinski definition) is 4. The van der Waals surface area contributed by atoms with E-state index < -0.39 is 0 Å². The average Bonchev–Trinajstić information content (AvgIpc) is 3.37. The summed E-state index contributed by atoms with van der Waals surface area (Å²) in [6, 6.07) is 9.86. The fourth-order valence-corrected chi connectivity index (χ4v) is 3.72. The molecule has 2 aromatic heterocycles. The molecular formula is C19H24Cl2N4O2. The maximum absolute atomic E-state index is 13.0. The van der Waals surface area contributed by atoms with Crippen molar-refractivity contribution in [2.24, 2.45) is 5.73 Å². The van der Waals surface area contributed by atoms with Gasteiger partial charge in [0, 0.05) is 13.1 Å². The lowest BCUT2D eigenvalue weighted by Gasteiger charge is -2.24. The summed E-state index contributed by atoms with van der Waals surface area (Å²) < 4.78 is 7.55. The first-order valence-corrected chi connectivity index (χ1v) is 8.76. The van der Waals surface area contributed by atoms with E-state index in [1.165, 1.54) is 6.26 Å². The third-order valence-electron chi connectivity index (χ3n) is 4.91. The molecule has 0 spiro atoms. The van der Waals surface area contributed by atoms with E-state index in [1.54, 1.807) is 6.07 Å². The zero-order valence-corrected chi connectivity index (χ0v) is 16.8. The van der Waals surface area contributed by atoms with Gasteiger partial charge >= 0.3 is 0 Å². The Kier molecular flexibility index (Phi) is 6.92. The number of amides is 1. The molecule has 4 rings (SSSR count). The maximum atomic E-state index is 13.0. The Bertz CT molecular complexity index is 921. The van der Waals surface area contributed by atoms with E-state index in [2.05, 4.69) is 17.6 Å². The monoisotopic (exact) mass is 410 g/mol. The van der Waals surface area contributed by atoms with Crippen molar-refractivity contribution in [3.05, 3.63) is 53.7 Å². The molecule has 0 aliphatic carbocycles. The minimum absolute atomic E-state index is 0. The first-order chi connectivity index (χ1) is 12.2. The van der Waals surface area contributed by atoms with Crippen LogP contribution in [0.3, 0.4) is 0 Å². The summed E-state index contributed by atoms with van der Waals surface area (Å²) in [4.78, 5) is 19.7. The fourth-order valence-electron chi connectivity index (χ4n) is 3.72. The number of aromatic nitrogens is 2. The standard InChI is InChI=1S/C19H22N4O2.2ClH/c1-2-22-16-7-4-3-6-15(16)21-18(22)17-8-5-9-23(17)19(24)13-10-14(11-20)25-12-13;;/h3-4,6-7,10,12,17H,2,5,8-9,11,20H2,1H3;2*1H. The van der Waals surface area contributed by atoms with E-state index in [4.69, 9.17) is 15.1 Å². The summed E-state index contributed by atoms with van der Waals surface area (Å²) in [5.74, 6) is 1.58. The van der Waals surface area contributed by atoms with Crippen molar-refractivity contribution in [3.63, 3.8) is 0 Å². The summed E-state index contributed by atoms with van der Waals surface area (Å²) in [5, 5.41) is 0. The zero-order valence-electron chi connectivity index (χ0n) is 15.1. The van der Waals surface area contributed by atoms with Gasteiger partial charge in [-0.1, -0.05) is 12.1 Å². The van der Waals surface area contributed by atoms with Crippen LogP contribution in [0.2, 0.25) is 0 Å². The van der Waals surface area contributed by atoms with Crippen molar-refractivity contribution in [2.45, 2.75) is 38.9 Å². The quantitative estimate of drug-likeness (QED) is 0.706. The molecule has 0 bridgehead atoms. The molecule has 1 aliphatic heterocycles. The van der Waals surface area contributed by atoms with Crippen LogP contribution in [-0.2, 0) is 13.1 Å². The summed E-state index contributed by atoms with van der Waals surface area (Å²) in [6.07, 6.45) is 3.41. The van der Waals surface area contributed by atoms with Crippen LogP contribution in [0.25, 0.3) is 11.0 Å². The second-order valence-electron chi connectivity index (χ2n) is 6.37. The molecule has 2 N–H and O–H groups in total. The van der Waals surface area contributed by atoms with Gasteiger partial charge < -0.3 is 19.6 Å². The molecule has 1 aliphatic rings. The molecule has 1 amide bonds. The van der Waals surface area contributed by atoms with Crippen LogP contribution in [0.15, 0.2) is 41.0 Å². The fraction of sp³-hybridized carbons (Fsp3) is 0.368. The highest BCUT2D eigenvalue weighted by Gasteiger charge is 2.34. The smallest absolute Gasteiger partial charge is 0.257 e. The number of nitrogens with zero attached hydrogens (tertiary/aromatic N) is 3. The largest absolute Gasteiger partial charge is 0.467 e. The SMILES string of the molecule is CCn1c(C2CCCN2C(=O)c2coc(CN)c2)nc2ccccc21.Cl.Cl. The first kappa shape index (κ1) is 21.3. The Balaban J connectivity index is 0.00000131. The number of hydrogen-bond donors (Lipinski definition) is 1. The van der Waals surface area contributed by atoms with Gasteiger partial charge in [0.1, 0.15) is 17.8 Å². The summed E-state index contributed by atoms with van der Waals surface area (Å²) in [7, 11) is 0. The zero-order chi connectivity index (χ0) is 17.4. The minimum Gasteiger partial charge on any atom is -0.467 e. The Hall–Kier alpha value is -2.02. The maximum Gasteiger partial charge on any atom is 0.257 e. The predicted octanol–water partition coefficient (Wildman–Crippen LogP) is 3.93. The Morgan fingerprint density at radius 2 is 2.11 bits per heavy atom. The van der Waals surface area contributed by atoms with Crippen molar-refractivity contribution in [1.82, 2.24) is 14.5 Å². The van der Waals surface area contributed by atoms with Crippen molar-refractivity contribution in [3.8, 4) is 0 Å². The van der Waals surface area contributed by atoms with Crippen LogP contribution < -0.4 is 5.73 Å². The van der Waals surface area contributed by atoms with Crippen molar-refractivity contribution >= 4 is 41.8 Å². The molecule has 3 aromatic rings. The number of likely N-dealkylation sites (tertiary alicyclic amines) is 1. The normalized spacial score (nSPS) is 16.2. The number of benzene rings is 1. The van der Waals surface area contributed by atoms with Gasteiger partial charge in [-0.2, -0.15) is 0 Å². The molecule has 1 unspecified atom stereocenters. The number of para-hydroxylation sites is 2. The van der Waals surface area contributed by atoms with Gasteiger partial charge in [-0.3, -0.25) is 4.79 Å². The van der Waals surface area contributed by atoms with E-state index in [0.29, 0.717) is 17.9 Å². The van der Waals surface area contributed by atoms with E-state index >= 15 is 0 Å². The van der Waals surface area contributed by atoms with Crippen LogP contribution in [0.1, 0.15) is 47.7 Å². The molecule has 0 saturated carbocycles. The van der Waals surface area contributed by atoms with Gasteiger partial charge in [0.15, 0.2) is 0 Å². The molecule has 6 nitrogen and oxygen atoms in total. The van der Waals surface area contributed by atoms with E-state index in [0.717, 1.165) is 42.8 Å². The van der Waals surface area contributed by atoms with Crippen molar-refractivity contribution < 1.29 is 9.21 Å². The summed E-state index contributed by atoms with van der Waals surface area (Å²) in [5.41, 5.74) is 8.24. The summed E-state index contributed by atoms with van der Waals surface area (Å²) >= 11 is 0. The van der Waals surface area contributed by atoms with Gasteiger partial charge in [-0.15, -0.1) is 24.8 Å². The van der Waals surface area contributed by atoms with Crippen LogP contribution in [-0.4, -0.2) is 26.9 Å². The molecule has 3 heterocycles. The highest BCUT2D eigenvalue weighted by molar-refractivity contribution is 5.94. The topological polar surface area (TPSA) is 77.3 Å². The Morgan fingerprint density at radius 3 is 2.81 bits per heavy atom. The predicted molar refractivity (Wildman–Crippen MR) is 110 cm³/mol. The van der Waals surface area contributed by atoms with Crippen LogP contribution >= 0.6 is 24.8 Å². The Morgan fingerprint density at radius 1 is 1.33 bits per heavy atom. The van der Waals surface area contributed by atoms with Gasteiger partial charge in [0.05, 0.1) is 29.2 Å². The Labute approximate surface area is 170 Å². The van der Waals surface area contributed by atoms with Crippen LogP contribution in [0, 0.1) is 0 Å². The van der Waals surface area contributed by atoms with E-state index in [1.807, 2.05) is 23.1 Å². The lowest BCUT2D eigenvalue weighted by atomic mass is 10.2. The minimum atomic E-state index is -0.0133. The lowest BCUT2D eigenvalue weighted by molar-refractivity contribution is 0.0727. The number of aryl methyl sites for hydroxylation is 1. The molecule has 1 fully saturated rings. The average molecular weight is 411 g/mol. The number of fused-ring (bicyclic) bond motifs is 1. The van der Waals surface area contributed by atoms with Gasteiger partial charge in [0.2, 0.25) is 0 Å². The van der Waals surface area contributed by atoms with E-state index in [9.17, 15) is 4.79 Å². The number of nitrogens with two attached hydrogens (primary N) is 1. The molecule has 1 saturated heterocycles.